The van der Waals surface area contributed by atoms with Crippen molar-refractivity contribution in [3.8, 4) is 17.1 Å². The van der Waals surface area contributed by atoms with Gasteiger partial charge in [-0.3, -0.25) is 14.2 Å². The monoisotopic (exact) mass is 459 g/mol. The van der Waals surface area contributed by atoms with Crippen LogP contribution in [0.3, 0.4) is 0 Å². The van der Waals surface area contributed by atoms with Crippen LogP contribution in [0.5, 0.6) is 5.75 Å². The molecule has 2 heterocycles. The van der Waals surface area contributed by atoms with E-state index in [4.69, 9.17) is 9.72 Å². The van der Waals surface area contributed by atoms with Crippen molar-refractivity contribution >= 4 is 33.1 Å². The predicted octanol–water partition coefficient (Wildman–Crippen LogP) is 5.21. The maximum Gasteiger partial charge on any atom is 0.263 e. The third kappa shape index (κ3) is 3.93. The number of carbonyl (C=O) groups is 1. The Morgan fingerprint density at radius 2 is 1.82 bits per heavy atom. The Kier molecular flexibility index (Phi) is 5.72. The minimum atomic E-state index is -0.745. The number of thiophene rings is 1. The summed E-state index contributed by atoms with van der Waals surface area (Å²) < 4.78 is 6.74. The largest absolute Gasteiger partial charge is 0.497 e. The van der Waals surface area contributed by atoms with Crippen molar-refractivity contribution in [1.82, 2.24) is 9.55 Å². The SMILES string of the molecule is COc1ccc(NC(=O)C(C)n2c(-c3ccccc3)nc3sc4c(c3c2=O)CCCC4)cc1. The lowest BCUT2D eigenvalue weighted by atomic mass is 9.97. The van der Waals surface area contributed by atoms with Crippen molar-refractivity contribution in [1.29, 1.82) is 0 Å². The van der Waals surface area contributed by atoms with E-state index >= 15 is 0 Å². The Balaban J connectivity index is 1.62. The molecular weight excluding hydrogens is 434 g/mol. The molecule has 0 saturated carbocycles. The molecule has 1 aliphatic rings. The van der Waals surface area contributed by atoms with Crippen LogP contribution in [0, 0.1) is 0 Å². The number of hydrogen-bond donors (Lipinski definition) is 1. The number of amides is 1. The van der Waals surface area contributed by atoms with E-state index in [1.165, 1.54) is 4.88 Å². The molecule has 0 spiro atoms. The van der Waals surface area contributed by atoms with Crippen LogP contribution in [0.2, 0.25) is 0 Å². The molecular formula is C26H25N3O3S. The van der Waals surface area contributed by atoms with Crippen molar-refractivity contribution in [2.75, 3.05) is 12.4 Å². The molecule has 1 aliphatic carbocycles. The molecule has 0 radical (unpaired) electrons. The molecule has 0 fully saturated rings. The van der Waals surface area contributed by atoms with E-state index in [1.807, 2.05) is 30.3 Å². The highest BCUT2D eigenvalue weighted by Crippen LogP contribution is 2.35. The van der Waals surface area contributed by atoms with Gasteiger partial charge >= 0.3 is 0 Å². The van der Waals surface area contributed by atoms with Crippen molar-refractivity contribution in [3.63, 3.8) is 0 Å². The molecule has 0 aliphatic heterocycles. The zero-order valence-corrected chi connectivity index (χ0v) is 19.4. The summed E-state index contributed by atoms with van der Waals surface area (Å²) in [6.07, 6.45) is 4.10. The molecule has 7 heteroatoms. The molecule has 1 N–H and O–H groups in total. The first kappa shape index (κ1) is 21.4. The van der Waals surface area contributed by atoms with Crippen LogP contribution in [-0.2, 0) is 17.6 Å². The Morgan fingerprint density at radius 1 is 1.09 bits per heavy atom. The van der Waals surface area contributed by atoms with Crippen LogP contribution in [0.1, 0.15) is 36.2 Å². The summed E-state index contributed by atoms with van der Waals surface area (Å²) in [5, 5.41) is 3.60. The molecule has 2 aromatic heterocycles. The van der Waals surface area contributed by atoms with Crippen LogP contribution >= 0.6 is 11.3 Å². The zero-order chi connectivity index (χ0) is 22.9. The number of benzene rings is 2. The fourth-order valence-electron chi connectivity index (χ4n) is 4.41. The number of nitrogens with zero attached hydrogens (tertiary/aromatic N) is 2. The van der Waals surface area contributed by atoms with Gasteiger partial charge in [-0.25, -0.2) is 4.98 Å². The molecule has 168 valence electrons. The maximum atomic E-state index is 13.9. The number of aromatic nitrogens is 2. The normalized spacial score (nSPS) is 14.0. The third-order valence-electron chi connectivity index (χ3n) is 6.18. The molecule has 33 heavy (non-hydrogen) atoms. The third-order valence-corrected chi connectivity index (χ3v) is 7.36. The number of rotatable bonds is 5. The van der Waals surface area contributed by atoms with Gasteiger partial charge in [0.25, 0.3) is 5.56 Å². The van der Waals surface area contributed by atoms with Gasteiger partial charge in [0.15, 0.2) is 0 Å². The van der Waals surface area contributed by atoms with Crippen LogP contribution < -0.4 is 15.6 Å². The van der Waals surface area contributed by atoms with E-state index in [1.54, 1.807) is 54.2 Å². The summed E-state index contributed by atoms with van der Waals surface area (Å²) in [5.41, 5.74) is 2.43. The standard InChI is InChI=1S/C26H25N3O3S/c1-16(24(30)27-18-12-14-19(32-2)15-13-18)29-23(17-8-4-3-5-9-17)28-25-22(26(29)31)20-10-6-7-11-21(20)33-25/h3-5,8-9,12-16H,6-7,10-11H2,1-2H3,(H,27,30). The average molecular weight is 460 g/mol. The minimum absolute atomic E-state index is 0.143. The second-order valence-corrected chi connectivity index (χ2v) is 9.34. The first-order valence-corrected chi connectivity index (χ1v) is 12.0. The topological polar surface area (TPSA) is 73.2 Å². The Labute approximate surface area is 195 Å². The second-order valence-electron chi connectivity index (χ2n) is 8.26. The summed E-state index contributed by atoms with van der Waals surface area (Å²) in [6.45, 7) is 1.75. The maximum absolute atomic E-state index is 13.9. The molecule has 0 saturated heterocycles. The highest BCUT2D eigenvalue weighted by molar-refractivity contribution is 7.18. The van der Waals surface area contributed by atoms with Crippen molar-refractivity contribution in [2.45, 2.75) is 38.6 Å². The molecule has 0 bridgehead atoms. The van der Waals surface area contributed by atoms with Crippen molar-refractivity contribution < 1.29 is 9.53 Å². The summed E-state index contributed by atoms with van der Waals surface area (Å²) in [6, 6.07) is 16.0. The highest BCUT2D eigenvalue weighted by Gasteiger charge is 2.27. The molecule has 4 aromatic rings. The first-order chi connectivity index (χ1) is 16.1. The Hall–Kier alpha value is -3.45. The molecule has 1 unspecified atom stereocenters. The first-order valence-electron chi connectivity index (χ1n) is 11.1. The predicted molar refractivity (Wildman–Crippen MR) is 132 cm³/mol. The van der Waals surface area contributed by atoms with Gasteiger partial charge in [0.2, 0.25) is 5.91 Å². The van der Waals surface area contributed by atoms with Gasteiger partial charge in [-0.05, 0) is 62.4 Å². The lowest BCUT2D eigenvalue weighted by Gasteiger charge is -2.20. The van der Waals surface area contributed by atoms with E-state index in [0.29, 0.717) is 22.6 Å². The number of hydrogen-bond acceptors (Lipinski definition) is 5. The van der Waals surface area contributed by atoms with Crippen LogP contribution in [0.4, 0.5) is 5.69 Å². The number of fused-ring (bicyclic) bond motifs is 3. The Morgan fingerprint density at radius 3 is 2.55 bits per heavy atom. The van der Waals surface area contributed by atoms with Gasteiger partial charge in [-0.1, -0.05) is 30.3 Å². The molecule has 1 atom stereocenters. The molecule has 6 nitrogen and oxygen atoms in total. The smallest absolute Gasteiger partial charge is 0.263 e. The minimum Gasteiger partial charge on any atom is -0.497 e. The number of aryl methyl sites for hydroxylation is 2. The van der Waals surface area contributed by atoms with Crippen LogP contribution in [-0.4, -0.2) is 22.6 Å². The fraction of sp³-hybridized carbons (Fsp3) is 0.269. The van der Waals surface area contributed by atoms with Gasteiger partial charge in [0.05, 0.1) is 12.5 Å². The summed E-state index contributed by atoms with van der Waals surface area (Å²) >= 11 is 1.62. The second kappa shape index (κ2) is 8.83. The number of anilines is 1. The van der Waals surface area contributed by atoms with Crippen molar-refractivity contribution in [2.24, 2.45) is 0 Å². The van der Waals surface area contributed by atoms with Crippen LogP contribution in [0.15, 0.2) is 59.4 Å². The lowest BCUT2D eigenvalue weighted by Crippen LogP contribution is -2.33. The summed E-state index contributed by atoms with van der Waals surface area (Å²) in [4.78, 5) is 34.1. The van der Waals surface area contributed by atoms with Gasteiger partial charge in [0.1, 0.15) is 22.4 Å². The average Bonchev–Trinajstić information content (AvgIpc) is 3.23. The van der Waals surface area contributed by atoms with E-state index < -0.39 is 6.04 Å². The number of methoxy groups -OCH3 is 1. The fourth-order valence-corrected chi connectivity index (χ4v) is 5.66. The van der Waals surface area contributed by atoms with E-state index in [9.17, 15) is 9.59 Å². The quantitative estimate of drug-likeness (QED) is 0.445. The number of nitrogens with one attached hydrogen (secondary N) is 1. The Bertz CT molecular complexity index is 1370. The van der Waals surface area contributed by atoms with Crippen LogP contribution in [0.25, 0.3) is 21.6 Å². The highest BCUT2D eigenvalue weighted by atomic mass is 32.1. The van der Waals surface area contributed by atoms with E-state index in [0.717, 1.165) is 41.6 Å². The lowest BCUT2D eigenvalue weighted by molar-refractivity contribution is -0.118. The van der Waals surface area contributed by atoms with E-state index in [2.05, 4.69) is 5.32 Å². The number of ether oxygens (including phenoxy) is 1. The van der Waals surface area contributed by atoms with E-state index in [-0.39, 0.29) is 11.5 Å². The van der Waals surface area contributed by atoms with Gasteiger partial charge < -0.3 is 10.1 Å². The molecule has 5 rings (SSSR count). The van der Waals surface area contributed by atoms with Gasteiger partial charge in [-0.15, -0.1) is 11.3 Å². The number of carbonyl (C=O) groups excluding carboxylic acids is 1. The summed E-state index contributed by atoms with van der Waals surface area (Å²) in [7, 11) is 1.60. The zero-order valence-electron chi connectivity index (χ0n) is 18.6. The molecule has 2 aromatic carbocycles. The van der Waals surface area contributed by atoms with Gasteiger partial charge in [-0.2, -0.15) is 0 Å². The molecule has 1 amide bonds. The van der Waals surface area contributed by atoms with Gasteiger partial charge in [0, 0.05) is 16.1 Å². The summed E-state index contributed by atoms with van der Waals surface area (Å²) in [5.74, 6) is 0.953. The van der Waals surface area contributed by atoms with Crippen molar-refractivity contribution in [3.05, 3.63) is 75.4 Å².